The Morgan fingerprint density at radius 1 is 1.16 bits per heavy atom. The van der Waals surface area contributed by atoms with E-state index in [4.69, 9.17) is 4.74 Å². The van der Waals surface area contributed by atoms with Gasteiger partial charge in [-0.15, -0.1) is 0 Å². The zero-order chi connectivity index (χ0) is 18.4. The summed E-state index contributed by atoms with van der Waals surface area (Å²) >= 11 is 0. The molecule has 9 heteroatoms. The lowest BCUT2D eigenvalue weighted by Gasteiger charge is -2.10. The highest BCUT2D eigenvalue weighted by Gasteiger charge is 2.19. The van der Waals surface area contributed by atoms with Crippen LogP contribution in [0.4, 0.5) is 8.78 Å². The number of amides is 2. The Morgan fingerprint density at radius 3 is 2.52 bits per heavy atom. The molecule has 0 atom stereocenters. The molecule has 7 nitrogen and oxygen atoms in total. The zero-order valence-electron chi connectivity index (χ0n) is 13.1. The molecule has 0 saturated carbocycles. The van der Waals surface area contributed by atoms with Gasteiger partial charge in [0, 0.05) is 13.2 Å². The molecule has 2 rings (SSSR count). The SMILES string of the molecule is Cn1cccc1C(=O)NC(=O)COC(=O)c1ccccc1OC(F)F. The van der Waals surface area contributed by atoms with Gasteiger partial charge in [0.2, 0.25) is 0 Å². The monoisotopic (exact) mass is 352 g/mol. The highest BCUT2D eigenvalue weighted by Crippen LogP contribution is 2.21. The second-order valence-electron chi connectivity index (χ2n) is 4.83. The lowest BCUT2D eigenvalue weighted by Crippen LogP contribution is -2.35. The maximum atomic E-state index is 12.3. The van der Waals surface area contributed by atoms with Crippen molar-refractivity contribution in [2.75, 3.05) is 6.61 Å². The standard InChI is InChI=1S/C16H14F2N2O5/c1-20-8-4-6-11(20)14(22)19-13(21)9-24-15(23)10-5-2-3-7-12(10)25-16(17)18/h2-8,16H,9H2,1H3,(H,19,21,22). The van der Waals surface area contributed by atoms with E-state index in [0.29, 0.717) is 0 Å². The van der Waals surface area contributed by atoms with E-state index >= 15 is 0 Å². The van der Waals surface area contributed by atoms with Crippen LogP contribution >= 0.6 is 0 Å². The van der Waals surface area contributed by atoms with Gasteiger partial charge in [-0.25, -0.2) is 4.79 Å². The van der Waals surface area contributed by atoms with Gasteiger partial charge < -0.3 is 14.0 Å². The number of imide groups is 1. The van der Waals surface area contributed by atoms with Gasteiger partial charge in [0.05, 0.1) is 0 Å². The predicted molar refractivity (Wildman–Crippen MR) is 81.2 cm³/mol. The fourth-order valence-electron chi connectivity index (χ4n) is 1.97. The number of nitrogens with one attached hydrogen (secondary N) is 1. The molecule has 0 radical (unpaired) electrons. The molecule has 25 heavy (non-hydrogen) atoms. The van der Waals surface area contributed by atoms with Crippen molar-refractivity contribution in [2.24, 2.45) is 7.05 Å². The topological polar surface area (TPSA) is 86.6 Å². The van der Waals surface area contributed by atoms with Crippen molar-refractivity contribution in [1.29, 1.82) is 0 Å². The molecule has 1 aromatic carbocycles. The van der Waals surface area contributed by atoms with E-state index in [2.05, 4.69) is 4.74 Å². The molecule has 1 heterocycles. The molecule has 1 N–H and O–H groups in total. The Balaban J connectivity index is 1.93. The molecule has 0 saturated heterocycles. The largest absolute Gasteiger partial charge is 0.452 e. The zero-order valence-corrected chi connectivity index (χ0v) is 13.1. The van der Waals surface area contributed by atoms with Crippen LogP contribution in [0.1, 0.15) is 20.8 Å². The molecule has 2 amide bonds. The molecule has 0 spiro atoms. The fraction of sp³-hybridized carbons (Fsp3) is 0.188. The summed E-state index contributed by atoms with van der Waals surface area (Å²) in [7, 11) is 1.62. The molecular formula is C16H14F2N2O5. The summed E-state index contributed by atoms with van der Waals surface area (Å²) < 4.78 is 35.1. The first-order chi connectivity index (χ1) is 11.9. The number of esters is 1. The molecule has 0 fully saturated rings. The third-order valence-corrected chi connectivity index (χ3v) is 3.09. The van der Waals surface area contributed by atoms with E-state index in [9.17, 15) is 23.2 Å². The number of benzene rings is 1. The van der Waals surface area contributed by atoms with Crippen molar-refractivity contribution in [3.8, 4) is 5.75 Å². The molecule has 0 aliphatic carbocycles. The van der Waals surface area contributed by atoms with Crippen molar-refractivity contribution in [3.05, 3.63) is 53.9 Å². The van der Waals surface area contributed by atoms with E-state index in [1.807, 2.05) is 5.32 Å². The number of carbonyl (C=O) groups is 3. The summed E-state index contributed by atoms with van der Waals surface area (Å²) in [5, 5.41) is 2.05. The molecule has 0 unspecified atom stereocenters. The van der Waals surface area contributed by atoms with Crippen LogP contribution in [-0.2, 0) is 16.6 Å². The minimum atomic E-state index is -3.11. The molecule has 0 aliphatic heterocycles. The summed E-state index contributed by atoms with van der Waals surface area (Å²) in [4.78, 5) is 35.4. The Labute approximate surface area is 141 Å². The van der Waals surface area contributed by atoms with E-state index < -0.39 is 31.0 Å². The maximum absolute atomic E-state index is 12.3. The van der Waals surface area contributed by atoms with Crippen LogP contribution in [0, 0.1) is 0 Å². The third kappa shape index (κ3) is 4.87. The number of rotatable bonds is 6. The van der Waals surface area contributed by atoms with Crippen LogP contribution in [0.25, 0.3) is 0 Å². The smallest absolute Gasteiger partial charge is 0.387 e. The highest BCUT2D eigenvalue weighted by molar-refractivity contribution is 6.04. The van der Waals surface area contributed by atoms with E-state index in [0.717, 1.165) is 0 Å². The number of hydrogen-bond donors (Lipinski definition) is 1. The first-order valence-corrected chi connectivity index (χ1v) is 7.05. The van der Waals surface area contributed by atoms with Crippen molar-refractivity contribution >= 4 is 17.8 Å². The first kappa shape index (κ1) is 18.1. The minimum Gasteiger partial charge on any atom is -0.452 e. The molecule has 132 valence electrons. The summed E-state index contributed by atoms with van der Waals surface area (Å²) in [5.74, 6) is -2.91. The summed E-state index contributed by atoms with van der Waals surface area (Å²) in [6, 6.07) is 8.34. The summed E-state index contributed by atoms with van der Waals surface area (Å²) in [6.07, 6.45) is 1.62. The Bertz CT molecular complexity index is 788. The summed E-state index contributed by atoms with van der Waals surface area (Å²) in [5.41, 5.74) is -0.0142. The number of carbonyl (C=O) groups excluding carboxylic acids is 3. The third-order valence-electron chi connectivity index (χ3n) is 3.09. The average Bonchev–Trinajstić information content (AvgIpc) is 2.98. The van der Waals surface area contributed by atoms with Gasteiger partial charge in [-0.1, -0.05) is 12.1 Å². The molecule has 0 aliphatic rings. The van der Waals surface area contributed by atoms with Crippen molar-refractivity contribution < 1.29 is 32.6 Å². The van der Waals surface area contributed by atoms with Crippen LogP contribution in [0.3, 0.4) is 0 Å². The minimum absolute atomic E-state index is 0.246. The van der Waals surface area contributed by atoms with Crippen LogP contribution < -0.4 is 10.1 Å². The number of aromatic nitrogens is 1. The number of para-hydroxylation sites is 1. The number of alkyl halides is 2. The second-order valence-corrected chi connectivity index (χ2v) is 4.83. The predicted octanol–water partition coefficient (Wildman–Crippen LogP) is 1.74. The van der Waals surface area contributed by atoms with Gasteiger partial charge in [-0.3, -0.25) is 14.9 Å². The van der Waals surface area contributed by atoms with Crippen LogP contribution in [-0.4, -0.2) is 35.6 Å². The van der Waals surface area contributed by atoms with Gasteiger partial charge >= 0.3 is 12.6 Å². The molecule has 0 bridgehead atoms. The van der Waals surface area contributed by atoms with E-state index in [-0.39, 0.29) is 17.0 Å². The van der Waals surface area contributed by atoms with Crippen molar-refractivity contribution in [3.63, 3.8) is 0 Å². The van der Waals surface area contributed by atoms with Gasteiger partial charge in [-0.05, 0) is 24.3 Å². The number of hydrogen-bond acceptors (Lipinski definition) is 5. The van der Waals surface area contributed by atoms with Gasteiger partial charge in [0.1, 0.15) is 17.0 Å². The van der Waals surface area contributed by atoms with Crippen LogP contribution in [0.5, 0.6) is 5.75 Å². The van der Waals surface area contributed by atoms with Crippen LogP contribution in [0.2, 0.25) is 0 Å². The normalized spacial score (nSPS) is 10.4. The van der Waals surface area contributed by atoms with E-state index in [1.54, 1.807) is 19.3 Å². The molecular weight excluding hydrogens is 338 g/mol. The summed E-state index contributed by atoms with van der Waals surface area (Å²) in [6.45, 7) is -3.86. The number of nitrogens with zero attached hydrogens (tertiary/aromatic N) is 1. The number of halogens is 2. The Kier molecular flexibility index (Phi) is 5.83. The average molecular weight is 352 g/mol. The Hall–Kier alpha value is -3.23. The van der Waals surface area contributed by atoms with E-state index in [1.165, 1.54) is 34.9 Å². The lowest BCUT2D eigenvalue weighted by molar-refractivity contribution is -0.123. The van der Waals surface area contributed by atoms with Crippen molar-refractivity contribution in [1.82, 2.24) is 9.88 Å². The van der Waals surface area contributed by atoms with Crippen LogP contribution in [0.15, 0.2) is 42.6 Å². The number of ether oxygens (including phenoxy) is 2. The van der Waals surface area contributed by atoms with Gasteiger partial charge in [0.15, 0.2) is 6.61 Å². The Morgan fingerprint density at radius 2 is 1.88 bits per heavy atom. The number of aryl methyl sites for hydroxylation is 1. The lowest BCUT2D eigenvalue weighted by atomic mass is 10.2. The highest BCUT2D eigenvalue weighted by atomic mass is 19.3. The van der Waals surface area contributed by atoms with Gasteiger partial charge in [-0.2, -0.15) is 8.78 Å². The van der Waals surface area contributed by atoms with Gasteiger partial charge in [0.25, 0.3) is 11.8 Å². The maximum Gasteiger partial charge on any atom is 0.387 e. The quantitative estimate of drug-likeness (QED) is 0.801. The van der Waals surface area contributed by atoms with Crippen molar-refractivity contribution in [2.45, 2.75) is 6.61 Å². The first-order valence-electron chi connectivity index (χ1n) is 7.05. The second kappa shape index (κ2) is 8.04. The molecule has 1 aromatic heterocycles. The fourth-order valence-corrected chi connectivity index (χ4v) is 1.97. The molecule has 2 aromatic rings.